The molecule has 0 unspecified atom stereocenters. The zero-order valence-electron chi connectivity index (χ0n) is 11.6. The van der Waals surface area contributed by atoms with E-state index in [1.54, 1.807) is 19.1 Å². The Labute approximate surface area is 119 Å². The van der Waals surface area contributed by atoms with Gasteiger partial charge in [-0.25, -0.2) is 13.2 Å². The van der Waals surface area contributed by atoms with Crippen molar-refractivity contribution < 1.29 is 23.1 Å². The van der Waals surface area contributed by atoms with Gasteiger partial charge in [0.1, 0.15) is 0 Å². The van der Waals surface area contributed by atoms with Crippen LogP contribution < -0.4 is 0 Å². The molecule has 0 aliphatic heterocycles. The van der Waals surface area contributed by atoms with Crippen molar-refractivity contribution in [1.29, 1.82) is 0 Å². The highest BCUT2D eigenvalue weighted by molar-refractivity contribution is 7.89. The lowest BCUT2D eigenvalue weighted by Crippen LogP contribution is -2.33. The Morgan fingerprint density at radius 1 is 1.35 bits per heavy atom. The number of nitrogens with zero attached hydrogens (tertiary/aromatic N) is 1. The summed E-state index contributed by atoms with van der Waals surface area (Å²) in [4.78, 5) is 11.6. The van der Waals surface area contributed by atoms with Crippen molar-refractivity contribution in [2.75, 3.05) is 26.8 Å². The fraction of sp³-hybridized carbons (Fsp3) is 0.462. The minimum Gasteiger partial charge on any atom is -0.465 e. The Balaban J connectivity index is 3.24. The second kappa shape index (κ2) is 7.37. The second-order valence-electron chi connectivity index (χ2n) is 4.06. The van der Waals surface area contributed by atoms with Crippen LogP contribution in [0.1, 0.15) is 23.7 Å². The third-order valence-corrected chi connectivity index (χ3v) is 4.86. The number of hydrogen-bond acceptors (Lipinski definition) is 5. The fourth-order valence-corrected chi connectivity index (χ4v) is 3.47. The second-order valence-corrected chi connectivity index (χ2v) is 5.97. The van der Waals surface area contributed by atoms with Crippen molar-refractivity contribution in [2.45, 2.75) is 18.2 Å². The number of aliphatic hydroxyl groups excluding tert-OH is 1. The van der Waals surface area contributed by atoms with Gasteiger partial charge >= 0.3 is 5.97 Å². The number of ether oxygens (including phenoxy) is 1. The highest BCUT2D eigenvalue weighted by Crippen LogP contribution is 2.21. The zero-order valence-corrected chi connectivity index (χ0v) is 12.4. The average molecular weight is 301 g/mol. The number of carbonyl (C=O) groups excluding carboxylic acids is 1. The van der Waals surface area contributed by atoms with E-state index in [1.165, 1.54) is 23.5 Å². The monoisotopic (exact) mass is 301 g/mol. The number of benzene rings is 1. The quantitative estimate of drug-likeness (QED) is 0.755. The summed E-state index contributed by atoms with van der Waals surface area (Å²) in [5, 5.41) is 8.83. The third-order valence-electron chi connectivity index (χ3n) is 2.83. The summed E-state index contributed by atoms with van der Waals surface area (Å²) in [5.41, 5.74) is 0.0115. The van der Waals surface area contributed by atoms with Crippen LogP contribution >= 0.6 is 0 Å². The van der Waals surface area contributed by atoms with E-state index in [0.29, 0.717) is 6.42 Å². The smallest absolute Gasteiger partial charge is 0.339 e. The molecular formula is C13H19NO5S. The molecule has 0 saturated heterocycles. The molecule has 0 fully saturated rings. The van der Waals surface area contributed by atoms with Crippen molar-refractivity contribution in [3.05, 3.63) is 29.8 Å². The fourth-order valence-electron chi connectivity index (χ4n) is 1.80. The van der Waals surface area contributed by atoms with Crippen LogP contribution in [0.15, 0.2) is 29.2 Å². The molecule has 0 radical (unpaired) electrons. The normalized spacial score (nSPS) is 11.6. The van der Waals surface area contributed by atoms with E-state index in [9.17, 15) is 13.2 Å². The maximum absolute atomic E-state index is 12.5. The molecule has 20 heavy (non-hydrogen) atoms. The van der Waals surface area contributed by atoms with Crippen molar-refractivity contribution in [3.63, 3.8) is 0 Å². The summed E-state index contributed by atoms with van der Waals surface area (Å²) >= 11 is 0. The predicted molar refractivity (Wildman–Crippen MR) is 73.9 cm³/mol. The largest absolute Gasteiger partial charge is 0.465 e. The molecule has 1 aromatic rings. The van der Waals surface area contributed by atoms with Crippen molar-refractivity contribution >= 4 is 16.0 Å². The van der Waals surface area contributed by atoms with Crippen LogP contribution in [0.25, 0.3) is 0 Å². The van der Waals surface area contributed by atoms with E-state index < -0.39 is 16.0 Å². The maximum Gasteiger partial charge on any atom is 0.339 e. The Bertz CT molecular complexity index is 556. The van der Waals surface area contributed by atoms with Gasteiger partial charge in [0.05, 0.1) is 17.6 Å². The molecule has 0 bridgehead atoms. The molecule has 0 amide bonds. The molecule has 0 spiro atoms. The van der Waals surface area contributed by atoms with Gasteiger partial charge in [0, 0.05) is 19.7 Å². The molecule has 0 atom stereocenters. The average Bonchev–Trinajstić information content (AvgIpc) is 2.47. The lowest BCUT2D eigenvalue weighted by Gasteiger charge is -2.21. The Hall–Kier alpha value is -1.44. The van der Waals surface area contributed by atoms with Crippen LogP contribution in [-0.2, 0) is 14.8 Å². The molecule has 1 N–H and O–H groups in total. The van der Waals surface area contributed by atoms with Gasteiger partial charge in [-0.2, -0.15) is 4.31 Å². The molecule has 112 valence electrons. The van der Waals surface area contributed by atoms with E-state index in [4.69, 9.17) is 5.11 Å². The topological polar surface area (TPSA) is 83.9 Å². The van der Waals surface area contributed by atoms with E-state index in [1.807, 2.05) is 0 Å². The first-order valence-corrected chi connectivity index (χ1v) is 7.71. The zero-order chi connectivity index (χ0) is 15.2. The Morgan fingerprint density at radius 2 is 2.00 bits per heavy atom. The van der Waals surface area contributed by atoms with Crippen LogP contribution in [0.5, 0.6) is 0 Å². The summed E-state index contributed by atoms with van der Waals surface area (Å²) < 4.78 is 30.9. The molecular weight excluding hydrogens is 282 g/mol. The van der Waals surface area contributed by atoms with Crippen LogP contribution in [-0.4, -0.2) is 50.6 Å². The summed E-state index contributed by atoms with van der Waals surface area (Å²) in [6, 6.07) is 5.93. The standard InChI is InChI=1S/C13H19NO5S/c1-3-14(9-6-10-15)20(17,18)12-8-5-4-7-11(12)13(16)19-2/h4-5,7-8,15H,3,6,9-10H2,1-2H3. The summed E-state index contributed by atoms with van der Waals surface area (Å²) in [6.45, 7) is 2.07. The molecule has 0 aliphatic rings. The first kappa shape index (κ1) is 16.6. The van der Waals surface area contributed by atoms with Gasteiger partial charge in [-0.3, -0.25) is 0 Å². The number of hydrogen-bond donors (Lipinski definition) is 1. The van der Waals surface area contributed by atoms with Gasteiger partial charge in [-0.15, -0.1) is 0 Å². The van der Waals surface area contributed by atoms with Gasteiger partial charge in [0.15, 0.2) is 0 Å². The lowest BCUT2D eigenvalue weighted by molar-refractivity contribution is 0.0596. The Morgan fingerprint density at radius 3 is 2.55 bits per heavy atom. The van der Waals surface area contributed by atoms with Crippen molar-refractivity contribution in [2.24, 2.45) is 0 Å². The van der Waals surface area contributed by atoms with Crippen LogP contribution in [0.4, 0.5) is 0 Å². The first-order valence-electron chi connectivity index (χ1n) is 6.27. The molecule has 1 rings (SSSR count). The summed E-state index contributed by atoms with van der Waals surface area (Å²) in [6.07, 6.45) is 0.341. The molecule has 0 saturated carbocycles. The van der Waals surface area contributed by atoms with Gasteiger partial charge in [0.2, 0.25) is 10.0 Å². The Kier molecular flexibility index (Phi) is 6.12. The molecule has 0 aliphatic carbocycles. The number of sulfonamides is 1. The van der Waals surface area contributed by atoms with Gasteiger partial charge in [-0.05, 0) is 18.6 Å². The number of methoxy groups -OCH3 is 1. The maximum atomic E-state index is 12.5. The van der Waals surface area contributed by atoms with E-state index in [-0.39, 0.29) is 30.2 Å². The molecule has 7 heteroatoms. The molecule has 0 aromatic heterocycles. The van der Waals surface area contributed by atoms with Crippen molar-refractivity contribution in [3.8, 4) is 0 Å². The molecule has 6 nitrogen and oxygen atoms in total. The van der Waals surface area contributed by atoms with Crippen molar-refractivity contribution in [1.82, 2.24) is 4.31 Å². The third kappa shape index (κ3) is 3.56. The SMILES string of the molecule is CCN(CCCO)S(=O)(=O)c1ccccc1C(=O)OC. The summed E-state index contributed by atoms with van der Waals surface area (Å²) in [5.74, 6) is -0.692. The minimum atomic E-state index is -3.79. The van der Waals surface area contributed by atoms with E-state index in [2.05, 4.69) is 4.74 Å². The minimum absolute atomic E-state index is 0.0115. The number of rotatable bonds is 7. The highest BCUT2D eigenvalue weighted by Gasteiger charge is 2.27. The first-order chi connectivity index (χ1) is 9.48. The van der Waals surface area contributed by atoms with E-state index in [0.717, 1.165) is 0 Å². The van der Waals surface area contributed by atoms with Gasteiger partial charge in [-0.1, -0.05) is 19.1 Å². The predicted octanol–water partition coefficient (Wildman–Crippen LogP) is 0.866. The highest BCUT2D eigenvalue weighted by atomic mass is 32.2. The molecule has 1 aromatic carbocycles. The van der Waals surface area contributed by atoms with Gasteiger partial charge in [0.25, 0.3) is 0 Å². The summed E-state index contributed by atoms with van der Waals surface area (Å²) in [7, 11) is -2.58. The van der Waals surface area contributed by atoms with E-state index >= 15 is 0 Å². The molecule has 0 heterocycles. The number of carbonyl (C=O) groups is 1. The van der Waals surface area contributed by atoms with Gasteiger partial charge < -0.3 is 9.84 Å². The van der Waals surface area contributed by atoms with Crippen LogP contribution in [0.3, 0.4) is 0 Å². The lowest BCUT2D eigenvalue weighted by atomic mass is 10.2. The number of aliphatic hydroxyl groups is 1. The van der Waals surface area contributed by atoms with Crippen LogP contribution in [0.2, 0.25) is 0 Å². The van der Waals surface area contributed by atoms with Crippen LogP contribution in [0, 0.1) is 0 Å². The number of esters is 1.